The molecule has 1 aromatic carbocycles. The first-order chi connectivity index (χ1) is 11.1. The van der Waals surface area contributed by atoms with E-state index in [2.05, 4.69) is 15.3 Å². The minimum absolute atomic E-state index is 0.0340. The van der Waals surface area contributed by atoms with Gasteiger partial charge in [0.2, 0.25) is 5.91 Å². The molecule has 2 aromatic rings. The van der Waals surface area contributed by atoms with Gasteiger partial charge in [0.25, 0.3) is 0 Å². The van der Waals surface area contributed by atoms with Gasteiger partial charge >= 0.3 is 5.97 Å². The van der Waals surface area contributed by atoms with Gasteiger partial charge < -0.3 is 15.4 Å². The van der Waals surface area contributed by atoms with Crippen LogP contribution in [0.2, 0.25) is 0 Å². The van der Waals surface area contributed by atoms with E-state index in [1.165, 1.54) is 12.5 Å². The van der Waals surface area contributed by atoms with Gasteiger partial charge in [-0.25, -0.2) is 9.78 Å². The Kier molecular flexibility index (Phi) is 5.62. The average Bonchev–Trinajstić information content (AvgIpc) is 3.06. The number of nitrogens with one attached hydrogen (secondary N) is 2. The van der Waals surface area contributed by atoms with Crippen LogP contribution in [0.5, 0.6) is 0 Å². The number of aromatic nitrogens is 2. The number of benzene rings is 1. The number of ketones is 1. The second-order valence-electron chi connectivity index (χ2n) is 5.03. The summed E-state index contributed by atoms with van der Waals surface area (Å²) in [6, 6.07) is 7.60. The van der Waals surface area contributed by atoms with Crippen molar-refractivity contribution in [1.29, 1.82) is 0 Å². The van der Waals surface area contributed by atoms with Gasteiger partial charge in [-0.3, -0.25) is 9.59 Å². The first-order valence-corrected chi connectivity index (χ1v) is 7.14. The molecule has 1 atom stereocenters. The number of aromatic amines is 1. The Balaban J connectivity index is 1.84. The Bertz CT molecular complexity index is 668. The third-order valence-electron chi connectivity index (χ3n) is 3.29. The molecule has 1 amide bonds. The smallest absolute Gasteiger partial charge is 0.326 e. The molecule has 0 saturated carbocycles. The Morgan fingerprint density at radius 2 is 1.91 bits per heavy atom. The highest BCUT2D eigenvalue weighted by Gasteiger charge is 2.21. The van der Waals surface area contributed by atoms with Crippen LogP contribution >= 0.6 is 0 Å². The van der Waals surface area contributed by atoms with Crippen LogP contribution < -0.4 is 5.32 Å². The molecular weight excluding hydrogens is 298 g/mol. The number of aliphatic carboxylic acids is 1. The third-order valence-corrected chi connectivity index (χ3v) is 3.29. The molecule has 1 aromatic heterocycles. The largest absolute Gasteiger partial charge is 0.480 e. The maximum absolute atomic E-state index is 11.9. The fraction of sp³-hybridized carbons (Fsp3) is 0.250. The number of carboxylic acid groups (broad SMARTS) is 1. The van der Waals surface area contributed by atoms with Crippen LogP contribution in [0, 0.1) is 0 Å². The van der Waals surface area contributed by atoms with E-state index in [1.54, 1.807) is 30.3 Å². The van der Waals surface area contributed by atoms with Crippen molar-refractivity contribution in [1.82, 2.24) is 15.3 Å². The van der Waals surface area contributed by atoms with Crippen LogP contribution in [0.25, 0.3) is 0 Å². The van der Waals surface area contributed by atoms with E-state index in [4.69, 9.17) is 5.11 Å². The molecule has 23 heavy (non-hydrogen) atoms. The standard InChI is InChI=1S/C16H17N3O4/c20-14(11-4-2-1-3-5-11)6-7-15(21)19-13(16(22)23)8-12-9-17-10-18-12/h1-5,9-10,13H,6-8H2,(H,17,18)(H,19,21)(H,22,23). The Labute approximate surface area is 132 Å². The van der Waals surface area contributed by atoms with E-state index in [1.807, 2.05) is 0 Å². The Hall–Kier alpha value is -2.96. The number of hydrogen-bond donors (Lipinski definition) is 3. The van der Waals surface area contributed by atoms with Gasteiger partial charge in [-0.1, -0.05) is 30.3 Å². The lowest BCUT2D eigenvalue weighted by Gasteiger charge is -2.13. The first-order valence-electron chi connectivity index (χ1n) is 7.14. The summed E-state index contributed by atoms with van der Waals surface area (Å²) < 4.78 is 0. The number of imidazole rings is 1. The van der Waals surface area contributed by atoms with E-state index in [9.17, 15) is 14.4 Å². The van der Waals surface area contributed by atoms with E-state index >= 15 is 0 Å². The minimum Gasteiger partial charge on any atom is -0.480 e. The van der Waals surface area contributed by atoms with E-state index < -0.39 is 17.9 Å². The van der Waals surface area contributed by atoms with Crippen molar-refractivity contribution in [3.63, 3.8) is 0 Å². The van der Waals surface area contributed by atoms with Crippen molar-refractivity contribution in [2.45, 2.75) is 25.3 Å². The normalized spacial score (nSPS) is 11.7. The van der Waals surface area contributed by atoms with Gasteiger partial charge in [0, 0.05) is 36.7 Å². The average molecular weight is 315 g/mol. The van der Waals surface area contributed by atoms with Crippen molar-refractivity contribution < 1.29 is 19.5 Å². The number of carbonyl (C=O) groups excluding carboxylic acids is 2. The molecule has 0 aliphatic heterocycles. The number of rotatable bonds is 8. The number of Topliss-reactive ketones (excluding diaryl/α,β-unsaturated/α-hetero) is 1. The van der Waals surface area contributed by atoms with Crippen molar-refractivity contribution in [3.8, 4) is 0 Å². The van der Waals surface area contributed by atoms with E-state index in [0.29, 0.717) is 11.3 Å². The van der Waals surface area contributed by atoms with Crippen molar-refractivity contribution in [3.05, 3.63) is 54.1 Å². The number of H-pyrrole nitrogens is 1. The van der Waals surface area contributed by atoms with Gasteiger partial charge in [-0.2, -0.15) is 0 Å². The molecule has 1 unspecified atom stereocenters. The summed E-state index contributed by atoms with van der Waals surface area (Å²) in [6.45, 7) is 0. The Morgan fingerprint density at radius 1 is 1.17 bits per heavy atom. The van der Waals surface area contributed by atoms with Crippen LogP contribution in [0.3, 0.4) is 0 Å². The summed E-state index contributed by atoms with van der Waals surface area (Å²) >= 11 is 0. The number of carbonyl (C=O) groups is 3. The summed E-state index contributed by atoms with van der Waals surface area (Å²) in [5.41, 5.74) is 1.14. The van der Waals surface area contributed by atoms with Crippen LogP contribution in [-0.2, 0) is 16.0 Å². The molecule has 2 rings (SSSR count). The number of hydrogen-bond acceptors (Lipinski definition) is 4. The summed E-state index contributed by atoms with van der Waals surface area (Å²) in [7, 11) is 0. The highest BCUT2D eigenvalue weighted by molar-refractivity contribution is 5.98. The lowest BCUT2D eigenvalue weighted by Crippen LogP contribution is -2.42. The van der Waals surface area contributed by atoms with Crippen LogP contribution in [-0.4, -0.2) is 38.8 Å². The maximum atomic E-state index is 11.9. The second kappa shape index (κ2) is 7.88. The van der Waals surface area contributed by atoms with Gasteiger partial charge in [0.15, 0.2) is 5.78 Å². The number of carboxylic acids is 1. The number of amides is 1. The Morgan fingerprint density at radius 3 is 2.52 bits per heavy atom. The minimum atomic E-state index is -1.14. The molecular formula is C16H17N3O4. The predicted molar refractivity (Wildman–Crippen MR) is 81.9 cm³/mol. The van der Waals surface area contributed by atoms with Gasteiger partial charge in [0.05, 0.1) is 6.33 Å². The van der Waals surface area contributed by atoms with E-state index in [0.717, 1.165) is 0 Å². The summed E-state index contributed by atoms with van der Waals surface area (Å²) in [4.78, 5) is 41.6. The van der Waals surface area contributed by atoms with Crippen molar-refractivity contribution >= 4 is 17.7 Å². The molecule has 0 radical (unpaired) electrons. The molecule has 0 spiro atoms. The van der Waals surface area contributed by atoms with E-state index in [-0.39, 0.29) is 25.0 Å². The zero-order chi connectivity index (χ0) is 16.7. The maximum Gasteiger partial charge on any atom is 0.326 e. The molecule has 120 valence electrons. The molecule has 0 aliphatic rings. The molecule has 0 aliphatic carbocycles. The first kappa shape index (κ1) is 16.4. The van der Waals surface area contributed by atoms with Crippen LogP contribution in [0.4, 0.5) is 0 Å². The number of nitrogens with zero attached hydrogens (tertiary/aromatic N) is 1. The zero-order valence-corrected chi connectivity index (χ0v) is 12.4. The summed E-state index contributed by atoms with van der Waals surface area (Å²) in [6.07, 6.45) is 3.02. The summed E-state index contributed by atoms with van der Waals surface area (Å²) in [5.74, 6) is -1.76. The molecule has 7 heteroatoms. The van der Waals surface area contributed by atoms with Gasteiger partial charge in [-0.05, 0) is 0 Å². The fourth-order valence-electron chi connectivity index (χ4n) is 2.08. The zero-order valence-electron chi connectivity index (χ0n) is 12.4. The summed E-state index contributed by atoms with van der Waals surface area (Å²) in [5, 5.41) is 11.6. The van der Waals surface area contributed by atoms with Crippen LogP contribution in [0.1, 0.15) is 28.9 Å². The fourth-order valence-corrected chi connectivity index (χ4v) is 2.08. The van der Waals surface area contributed by atoms with Crippen molar-refractivity contribution in [2.75, 3.05) is 0 Å². The second-order valence-corrected chi connectivity index (χ2v) is 5.03. The monoisotopic (exact) mass is 315 g/mol. The molecule has 7 nitrogen and oxygen atoms in total. The highest BCUT2D eigenvalue weighted by atomic mass is 16.4. The van der Waals surface area contributed by atoms with Gasteiger partial charge in [-0.15, -0.1) is 0 Å². The third kappa shape index (κ3) is 5.06. The molecule has 0 bridgehead atoms. The topological polar surface area (TPSA) is 112 Å². The molecule has 3 N–H and O–H groups in total. The van der Waals surface area contributed by atoms with Crippen molar-refractivity contribution in [2.24, 2.45) is 0 Å². The highest BCUT2D eigenvalue weighted by Crippen LogP contribution is 2.06. The SMILES string of the molecule is O=C(CCC(=O)c1ccccc1)NC(Cc1cnc[nH]1)C(=O)O. The molecule has 1 heterocycles. The molecule has 0 saturated heterocycles. The predicted octanol–water partition coefficient (Wildman–Crippen LogP) is 1.18. The quantitative estimate of drug-likeness (QED) is 0.633. The van der Waals surface area contributed by atoms with Gasteiger partial charge in [0.1, 0.15) is 6.04 Å². The lowest BCUT2D eigenvalue weighted by atomic mass is 10.1. The lowest BCUT2D eigenvalue weighted by molar-refractivity contribution is -0.141. The molecule has 0 fully saturated rings. The van der Waals surface area contributed by atoms with Crippen LogP contribution in [0.15, 0.2) is 42.9 Å².